The van der Waals surface area contributed by atoms with E-state index in [1.54, 1.807) is 14.0 Å². The minimum absolute atomic E-state index is 0.211. The first kappa shape index (κ1) is 13.5. The second-order valence-corrected chi connectivity index (χ2v) is 4.43. The predicted molar refractivity (Wildman–Crippen MR) is 68.1 cm³/mol. The summed E-state index contributed by atoms with van der Waals surface area (Å²) in [6.07, 6.45) is 0. The highest BCUT2D eigenvalue weighted by Gasteiger charge is 2.30. The van der Waals surface area contributed by atoms with Crippen molar-refractivity contribution < 1.29 is 9.53 Å². The van der Waals surface area contributed by atoms with E-state index in [2.05, 4.69) is 5.32 Å². The Labute approximate surface area is 102 Å². The third kappa shape index (κ3) is 2.97. The van der Waals surface area contributed by atoms with Gasteiger partial charge in [0.05, 0.1) is 0 Å². The number of likely N-dealkylation sites (N-methyl/N-ethyl adjacent to an activating group) is 1. The van der Waals surface area contributed by atoms with Crippen molar-refractivity contribution >= 4 is 5.91 Å². The quantitative estimate of drug-likeness (QED) is 0.806. The molecule has 1 unspecified atom stereocenters. The van der Waals surface area contributed by atoms with Crippen molar-refractivity contribution in [3.63, 3.8) is 0 Å². The number of amides is 1. The number of nitrogens with one attached hydrogen (secondary N) is 1. The van der Waals surface area contributed by atoms with Gasteiger partial charge >= 0.3 is 0 Å². The maximum absolute atomic E-state index is 11.3. The number of ether oxygens (including phenoxy) is 1. The predicted octanol–water partition coefficient (Wildman–Crippen LogP) is 1.15. The molecule has 0 fully saturated rings. The normalized spacial score (nSPS) is 14.1. The number of hydrogen-bond acceptors (Lipinski definition) is 3. The summed E-state index contributed by atoms with van der Waals surface area (Å²) in [7, 11) is 1.69. The number of hydrogen-bond donors (Lipinski definition) is 2. The van der Waals surface area contributed by atoms with Crippen LogP contribution in [0.25, 0.3) is 0 Å². The molecule has 1 atom stereocenters. The topological polar surface area (TPSA) is 64.3 Å². The van der Waals surface area contributed by atoms with E-state index < -0.39 is 11.4 Å². The molecule has 1 aromatic carbocycles. The Balaban J connectivity index is 2.80. The molecule has 0 bridgehead atoms. The maximum atomic E-state index is 11.3. The van der Waals surface area contributed by atoms with Crippen LogP contribution in [0, 0.1) is 13.8 Å². The fraction of sp³-hybridized carbons (Fsp3) is 0.462. The van der Waals surface area contributed by atoms with Crippen LogP contribution in [0.15, 0.2) is 18.2 Å². The van der Waals surface area contributed by atoms with Crippen LogP contribution in [0.1, 0.15) is 18.1 Å². The zero-order valence-electron chi connectivity index (χ0n) is 10.8. The Morgan fingerprint density at radius 2 is 2.12 bits per heavy atom. The summed E-state index contributed by atoms with van der Waals surface area (Å²) < 4.78 is 5.67. The van der Waals surface area contributed by atoms with Crippen LogP contribution < -0.4 is 15.8 Å². The fourth-order valence-electron chi connectivity index (χ4n) is 1.37. The number of nitrogens with two attached hydrogens (primary N) is 1. The molecule has 0 aliphatic heterocycles. The number of rotatable bonds is 5. The van der Waals surface area contributed by atoms with E-state index in [-0.39, 0.29) is 6.61 Å². The van der Waals surface area contributed by atoms with E-state index in [9.17, 15) is 4.79 Å². The van der Waals surface area contributed by atoms with Crippen molar-refractivity contribution in [2.75, 3.05) is 13.7 Å². The Kier molecular flexibility index (Phi) is 4.12. The van der Waals surface area contributed by atoms with Gasteiger partial charge in [-0.05, 0) is 45.0 Å². The van der Waals surface area contributed by atoms with Gasteiger partial charge in [-0.15, -0.1) is 0 Å². The van der Waals surface area contributed by atoms with Crippen molar-refractivity contribution in [1.29, 1.82) is 0 Å². The molecule has 17 heavy (non-hydrogen) atoms. The Bertz CT molecular complexity index is 418. The summed E-state index contributed by atoms with van der Waals surface area (Å²) in [4.78, 5) is 11.3. The van der Waals surface area contributed by atoms with Crippen LogP contribution in [-0.4, -0.2) is 25.1 Å². The molecule has 0 spiro atoms. The van der Waals surface area contributed by atoms with Crippen LogP contribution in [0.2, 0.25) is 0 Å². The van der Waals surface area contributed by atoms with Crippen LogP contribution in [0.3, 0.4) is 0 Å². The molecule has 0 saturated heterocycles. The zero-order chi connectivity index (χ0) is 13.1. The Hall–Kier alpha value is -1.55. The van der Waals surface area contributed by atoms with Gasteiger partial charge in [0, 0.05) is 0 Å². The second kappa shape index (κ2) is 5.19. The highest BCUT2D eigenvalue weighted by atomic mass is 16.5. The lowest BCUT2D eigenvalue weighted by molar-refractivity contribution is -0.124. The maximum Gasteiger partial charge on any atom is 0.240 e. The molecule has 3 N–H and O–H groups in total. The highest BCUT2D eigenvalue weighted by Crippen LogP contribution is 2.21. The molecule has 4 heteroatoms. The van der Waals surface area contributed by atoms with Crippen LogP contribution in [0.5, 0.6) is 5.75 Å². The van der Waals surface area contributed by atoms with E-state index in [1.165, 1.54) is 0 Å². The van der Waals surface area contributed by atoms with Gasteiger partial charge in [-0.2, -0.15) is 0 Å². The molecule has 0 radical (unpaired) electrons. The van der Waals surface area contributed by atoms with E-state index in [0.717, 1.165) is 16.9 Å². The molecule has 4 nitrogen and oxygen atoms in total. The summed E-state index contributed by atoms with van der Waals surface area (Å²) in [6, 6.07) is 5.84. The molecule has 1 rings (SSSR count). The van der Waals surface area contributed by atoms with Crippen molar-refractivity contribution in [2.24, 2.45) is 5.73 Å². The van der Waals surface area contributed by atoms with Crippen molar-refractivity contribution in [3.8, 4) is 5.75 Å². The van der Waals surface area contributed by atoms with Crippen molar-refractivity contribution in [2.45, 2.75) is 26.3 Å². The largest absolute Gasteiger partial charge is 0.491 e. The number of primary amides is 1. The first-order valence-electron chi connectivity index (χ1n) is 5.58. The highest BCUT2D eigenvalue weighted by molar-refractivity contribution is 5.84. The molecule has 0 aliphatic rings. The van der Waals surface area contributed by atoms with Gasteiger partial charge in [-0.3, -0.25) is 4.79 Å². The Morgan fingerprint density at radius 3 is 2.65 bits per heavy atom. The van der Waals surface area contributed by atoms with E-state index >= 15 is 0 Å². The van der Waals surface area contributed by atoms with Crippen LogP contribution >= 0.6 is 0 Å². The number of aryl methyl sites for hydroxylation is 1. The summed E-state index contributed by atoms with van der Waals surface area (Å²) in [5.41, 5.74) is 6.72. The molecular formula is C13H20N2O2. The first-order valence-corrected chi connectivity index (χ1v) is 5.58. The smallest absolute Gasteiger partial charge is 0.240 e. The number of carbonyl (C=O) groups is 1. The average molecular weight is 236 g/mol. The average Bonchev–Trinajstić information content (AvgIpc) is 2.30. The number of carbonyl (C=O) groups excluding carboxylic acids is 1. The standard InChI is InChI=1S/C13H20N2O2/c1-9-6-5-7-11(10(9)2)17-8-13(3,15-4)12(14)16/h5-7,15H,8H2,1-4H3,(H2,14,16). The summed E-state index contributed by atoms with van der Waals surface area (Å²) in [5.74, 6) is 0.359. The first-order chi connectivity index (χ1) is 7.90. The third-order valence-electron chi connectivity index (χ3n) is 3.17. The van der Waals surface area contributed by atoms with E-state index in [1.807, 2.05) is 32.0 Å². The van der Waals surface area contributed by atoms with Gasteiger partial charge in [0.15, 0.2) is 0 Å². The summed E-state index contributed by atoms with van der Waals surface area (Å²) >= 11 is 0. The van der Waals surface area contributed by atoms with Crippen LogP contribution in [-0.2, 0) is 4.79 Å². The SMILES string of the molecule is CNC(C)(COc1cccc(C)c1C)C(N)=O. The molecule has 94 valence electrons. The number of benzene rings is 1. The lowest BCUT2D eigenvalue weighted by Gasteiger charge is -2.26. The van der Waals surface area contributed by atoms with Gasteiger partial charge in [0.25, 0.3) is 0 Å². The van der Waals surface area contributed by atoms with Gasteiger partial charge in [-0.1, -0.05) is 12.1 Å². The molecule has 0 heterocycles. The molecule has 1 aromatic rings. The molecule has 0 aromatic heterocycles. The third-order valence-corrected chi connectivity index (χ3v) is 3.17. The summed E-state index contributed by atoms with van der Waals surface area (Å²) in [5, 5.41) is 2.88. The minimum atomic E-state index is -0.851. The lowest BCUT2D eigenvalue weighted by atomic mass is 10.0. The Morgan fingerprint density at radius 1 is 1.47 bits per heavy atom. The lowest BCUT2D eigenvalue weighted by Crippen LogP contribution is -2.55. The molecule has 0 saturated carbocycles. The van der Waals surface area contributed by atoms with Crippen molar-refractivity contribution in [3.05, 3.63) is 29.3 Å². The van der Waals surface area contributed by atoms with E-state index in [4.69, 9.17) is 10.5 Å². The molecule has 1 amide bonds. The van der Waals surface area contributed by atoms with Crippen LogP contribution in [0.4, 0.5) is 0 Å². The monoisotopic (exact) mass is 236 g/mol. The second-order valence-electron chi connectivity index (χ2n) is 4.43. The molecular weight excluding hydrogens is 216 g/mol. The van der Waals surface area contributed by atoms with Gasteiger partial charge in [0.2, 0.25) is 5.91 Å². The van der Waals surface area contributed by atoms with Gasteiger partial charge in [-0.25, -0.2) is 0 Å². The molecule has 0 aliphatic carbocycles. The van der Waals surface area contributed by atoms with E-state index in [0.29, 0.717) is 0 Å². The minimum Gasteiger partial charge on any atom is -0.491 e. The van der Waals surface area contributed by atoms with Crippen molar-refractivity contribution in [1.82, 2.24) is 5.32 Å². The zero-order valence-corrected chi connectivity index (χ0v) is 10.8. The summed E-state index contributed by atoms with van der Waals surface area (Å²) in [6.45, 7) is 5.95. The van der Waals surface area contributed by atoms with Gasteiger partial charge in [0.1, 0.15) is 17.9 Å². The fourth-order valence-corrected chi connectivity index (χ4v) is 1.37. The van der Waals surface area contributed by atoms with Gasteiger partial charge < -0.3 is 15.8 Å².